The topological polar surface area (TPSA) is 82.8 Å². The van der Waals surface area contributed by atoms with Crippen LogP contribution in [0.5, 0.6) is 5.75 Å². The number of hydrogen-bond donors (Lipinski definition) is 2. The molecule has 0 unspecified atom stereocenters. The monoisotopic (exact) mass is 469 g/mol. The maximum atomic E-state index is 12.3. The number of nitrogens with one attached hydrogen (secondary N) is 1. The van der Waals surface area contributed by atoms with E-state index in [9.17, 15) is 9.90 Å². The van der Waals surface area contributed by atoms with Gasteiger partial charge < -0.3 is 15.3 Å². The van der Waals surface area contributed by atoms with Gasteiger partial charge in [0.15, 0.2) is 5.65 Å². The lowest BCUT2D eigenvalue weighted by Gasteiger charge is -2.32. The molecule has 0 atom stereocenters. The highest BCUT2D eigenvalue weighted by Crippen LogP contribution is 2.33. The van der Waals surface area contributed by atoms with Crippen molar-refractivity contribution in [2.24, 2.45) is 11.8 Å². The molecule has 0 radical (unpaired) electrons. The number of nitrogens with zero attached hydrogens (tertiary/aromatic N) is 4. The van der Waals surface area contributed by atoms with Gasteiger partial charge in [-0.2, -0.15) is 9.61 Å². The number of para-hydroxylation sites is 1. The van der Waals surface area contributed by atoms with Crippen molar-refractivity contribution in [2.75, 3.05) is 25.0 Å². The molecule has 8 heteroatoms. The number of hydrogen-bond acceptors (Lipinski definition) is 5. The van der Waals surface area contributed by atoms with Crippen LogP contribution in [0.25, 0.3) is 16.9 Å². The molecule has 0 bridgehead atoms. The first-order valence-electron chi connectivity index (χ1n) is 10.5. The summed E-state index contributed by atoms with van der Waals surface area (Å²) in [6.07, 6.45) is 5.88. The van der Waals surface area contributed by atoms with Gasteiger partial charge in [0.2, 0.25) is 5.91 Å². The number of rotatable bonds is 5. The van der Waals surface area contributed by atoms with E-state index in [0.717, 1.165) is 55.6 Å². The summed E-state index contributed by atoms with van der Waals surface area (Å²) in [7, 11) is 0. The minimum Gasteiger partial charge on any atom is -0.507 e. The lowest BCUT2D eigenvalue weighted by atomic mass is 9.96. The van der Waals surface area contributed by atoms with Crippen LogP contribution in [-0.2, 0) is 4.79 Å². The Morgan fingerprint density at radius 1 is 1.20 bits per heavy atom. The lowest BCUT2D eigenvalue weighted by Crippen LogP contribution is -2.40. The molecule has 3 heterocycles. The van der Waals surface area contributed by atoms with E-state index >= 15 is 0 Å². The van der Waals surface area contributed by atoms with Gasteiger partial charge in [0.1, 0.15) is 11.6 Å². The Balaban J connectivity index is 1.33. The number of fused-ring (bicyclic) bond motifs is 1. The molecule has 0 spiro atoms. The van der Waals surface area contributed by atoms with Crippen LogP contribution in [-0.4, -0.2) is 50.1 Å². The van der Waals surface area contributed by atoms with Crippen molar-refractivity contribution in [2.45, 2.75) is 25.7 Å². The highest BCUT2D eigenvalue weighted by Gasteiger charge is 2.34. The van der Waals surface area contributed by atoms with Crippen LogP contribution in [0.15, 0.2) is 41.0 Å². The fourth-order valence-corrected chi connectivity index (χ4v) is 4.43. The number of aromatic nitrogens is 3. The summed E-state index contributed by atoms with van der Waals surface area (Å²) in [5.74, 6) is 2.19. The molecule has 2 aromatic heterocycles. The van der Waals surface area contributed by atoms with Crippen molar-refractivity contribution in [3.63, 3.8) is 0 Å². The Bertz CT molecular complexity index is 1090. The van der Waals surface area contributed by atoms with E-state index in [1.165, 1.54) is 0 Å². The Morgan fingerprint density at radius 2 is 1.97 bits per heavy atom. The number of phenolic OH excluding ortho intramolecular Hbond substituents is 1. The maximum absolute atomic E-state index is 12.3. The van der Waals surface area contributed by atoms with E-state index in [-0.39, 0.29) is 5.75 Å². The Morgan fingerprint density at radius 3 is 2.70 bits per heavy atom. The van der Waals surface area contributed by atoms with Crippen LogP contribution < -0.4 is 5.32 Å². The molecular weight excluding hydrogens is 446 g/mol. The fourth-order valence-electron chi connectivity index (χ4n) is 4.09. The number of carbonyl (C=O) groups is 1. The van der Waals surface area contributed by atoms with Crippen LogP contribution in [0.1, 0.15) is 25.7 Å². The summed E-state index contributed by atoms with van der Waals surface area (Å²) >= 11 is 3.52. The van der Waals surface area contributed by atoms with Gasteiger partial charge in [0, 0.05) is 37.2 Å². The minimum atomic E-state index is 0.198. The lowest BCUT2D eigenvalue weighted by molar-refractivity contribution is -0.133. The molecule has 2 N–H and O–H groups in total. The molecule has 1 aliphatic heterocycles. The van der Waals surface area contributed by atoms with Gasteiger partial charge in [-0.3, -0.25) is 4.79 Å². The Labute approximate surface area is 183 Å². The summed E-state index contributed by atoms with van der Waals surface area (Å²) in [6.45, 7) is 2.51. The van der Waals surface area contributed by atoms with E-state index < -0.39 is 0 Å². The molecule has 1 saturated heterocycles. The summed E-state index contributed by atoms with van der Waals surface area (Å²) in [5.41, 5.74) is 2.07. The number of anilines is 1. The molecule has 1 amide bonds. The molecule has 1 saturated carbocycles. The third-order valence-corrected chi connectivity index (χ3v) is 6.59. The van der Waals surface area contributed by atoms with Gasteiger partial charge in [0.05, 0.1) is 16.4 Å². The van der Waals surface area contributed by atoms with Crippen molar-refractivity contribution in [1.82, 2.24) is 19.5 Å². The second-order valence-corrected chi connectivity index (χ2v) is 9.05. The SMILES string of the molecule is O=C(C1CC1)N1CCC(CNc2cc(-c3ccccc3O)nc3c(Br)cnn23)CC1. The van der Waals surface area contributed by atoms with E-state index in [2.05, 4.69) is 31.3 Å². The highest BCUT2D eigenvalue weighted by atomic mass is 79.9. The predicted octanol–water partition coefficient (Wildman–Crippen LogP) is 3.92. The van der Waals surface area contributed by atoms with E-state index in [1.54, 1.807) is 22.8 Å². The predicted molar refractivity (Wildman–Crippen MR) is 118 cm³/mol. The summed E-state index contributed by atoms with van der Waals surface area (Å²) < 4.78 is 2.58. The van der Waals surface area contributed by atoms with Crippen molar-refractivity contribution < 1.29 is 9.90 Å². The largest absolute Gasteiger partial charge is 0.507 e. The van der Waals surface area contributed by atoms with Gasteiger partial charge in [-0.05, 0) is 59.7 Å². The third kappa shape index (κ3) is 3.76. The van der Waals surface area contributed by atoms with Gasteiger partial charge in [-0.25, -0.2) is 4.98 Å². The summed E-state index contributed by atoms with van der Waals surface area (Å²) in [6, 6.07) is 9.13. The second-order valence-electron chi connectivity index (χ2n) is 8.20. The van der Waals surface area contributed by atoms with Crippen LogP contribution in [0.4, 0.5) is 5.82 Å². The van der Waals surface area contributed by atoms with Crippen molar-refractivity contribution in [3.05, 3.63) is 41.0 Å². The number of halogens is 1. The Hall–Kier alpha value is -2.61. The summed E-state index contributed by atoms with van der Waals surface area (Å²) in [4.78, 5) is 19.0. The zero-order valence-electron chi connectivity index (χ0n) is 16.6. The molecule has 3 aromatic rings. The molecule has 2 aliphatic rings. The number of benzene rings is 1. The molecule has 7 nitrogen and oxygen atoms in total. The van der Waals surface area contributed by atoms with Crippen LogP contribution in [0.2, 0.25) is 0 Å². The number of amides is 1. The van der Waals surface area contributed by atoms with Crippen LogP contribution >= 0.6 is 15.9 Å². The van der Waals surface area contributed by atoms with E-state index in [0.29, 0.717) is 34.6 Å². The molecule has 1 aromatic carbocycles. The molecule has 1 aliphatic carbocycles. The maximum Gasteiger partial charge on any atom is 0.225 e. The first-order chi connectivity index (χ1) is 14.6. The van der Waals surface area contributed by atoms with Gasteiger partial charge in [0.25, 0.3) is 0 Å². The summed E-state index contributed by atoms with van der Waals surface area (Å²) in [5, 5.41) is 18.2. The van der Waals surface area contributed by atoms with E-state index in [4.69, 9.17) is 0 Å². The number of likely N-dealkylation sites (tertiary alicyclic amines) is 1. The molecule has 5 rings (SSSR count). The molecule has 2 fully saturated rings. The number of phenols is 1. The minimum absolute atomic E-state index is 0.198. The highest BCUT2D eigenvalue weighted by molar-refractivity contribution is 9.10. The third-order valence-electron chi connectivity index (χ3n) is 6.03. The average Bonchev–Trinajstić information content (AvgIpc) is 3.55. The quantitative estimate of drug-likeness (QED) is 0.591. The molecular formula is C22H24BrN5O2. The van der Waals surface area contributed by atoms with E-state index in [1.807, 2.05) is 23.1 Å². The normalized spacial score (nSPS) is 17.4. The smallest absolute Gasteiger partial charge is 0.225 e. The fraction of sp³-hybridized carbons (Fsp3) is 0.409. The van der Waals surface area contributed by atoms with Gasteiger partial charge >= 0.3 is 0 Å². The molecule has 156 valence electrons. The van der Waals surface area contributed by atoms with Crippen molar-refractivity contribution in [3.8, 4) is 17.0 Å². The first kappa shape index (κ1) is 19.4. The van der Waals surface area contributed by atoms with Gasteiger partial charge in [-0.15, -0.1) is 0 Å². The molecule has 30 heavy (non-hydrogen) atoms. The van der Waals surface area contributed by atoms with Crippen LogP contribution in [0.3, 0.4) is 0 Å². The zero-order valence-corrected chi connectivity index (χ0v) is 18.2. The van der Waals surface area contributed by atoms with Crippen molar-refractivity contribution in [1.29, 1.82) is 0 Å². The number of aromatic hydroxyl groups is 1. The number of piperidine rings is 1. The number of carbonyl (C=O) groups excluding carboxylic acids is 1. The first-order valence-corrected chi connectivity index (χ1v) is 11.2. The average molecular weight is 470 g/mol. The van der Waals surface area contributed by atoms with Crippen LogP contribution in [0, 0.1) is 11.8 Å². The van der Waals surface area contributed by atoms with Crippen molar-refractivity contribution >= 4 is 33.3 Å². The Kier molecular flexibility index (Phi) is 5.10. The second kappa shape index (κ2) is 7.91. The zero-order chi connectivity index (χ0) is 20.7. The standard InChI is InChI=1S/C22H24BrN5O2/c23-17-13-25-28-20(11-18(26-21(17)28)16-3-1-2-4-19(16)29)24-12-14-7-9-27(10-8-14)22(30)15-5-6-15/h1-4,11,13-15,24,29H,5-10,12H2. The van der Waals surface area contributed by atoms with Gasteiger partial charge in [-0.1, -0.05) is 12.1 Å².